The zero-order chi connectivity index (χ0) is 20.5. The maximum Gasteiger partial charge on any atom is 0.326 e. The number of nitro groups is 1. The Hall–Kier alpha value is -3.62. The minimum Gasteiger partial charge on any atom is -0.496 e. The quantitative estimate of drug-likeness (QED) is 0.538. The van der Waals surface area contributed by atoms with Gasteiger partial charge in [0.2, 0.25) is 0 Å². The number of piperidine rings is 1. The highest BCUT2D eigenvalue weighted by molar-refractivity contribution is 5.97. The zero-order valence-electron chi connectivity index (χ0n) is 15.8. The molecular weight excluding hydrogens is 376 g/mol. The van der Waals surface area contributed by atoms with Gasteiger partial charge in [-0.3, -0.25) is 19.5 Å². The van der Waals surface area contributed by atoms with Gasteiger partial charge in [0.15, 0.2) is 0 Å². The van der Waals surface area contributed by atoms with Gasteiger partial charge in [0, 0.05) is 31.3 Å². The summed E-state index contributed by atoms with van der Waals surface area (Å²) in [5.41, 5.74) is 1.50. The van der Waals surface area contributed by atoms with E-state index < -0.39 is 4.92 Å². The number of likely N-dealkylation sites (tertiary alicyclic amines) is 1. The number of aromatic amines is 1. The fraction of sp³-hybridized carbons (Fsp3) is 0.300. The predicted molar refractivity (Wildman–Crippen MR) is 106 cm³/mol. The first-order chi connectivity index (χ1) is 14.0. The van der Waals surface area contributed by atoms with Crippen LogP contribution in [0.4, 0.5) is 5.69 Å². The number of rotatable bonds is 4. The van der Waals surface area contributed by atoms with Crippen molar-refractivity contribution in [1.29, 1.82) is 0 Å². The van der Waals surface area contributed by atoms with E-state index in [-0.39, 0.29) is 28.9 Å². The van der Waals surface area contributed by atoms with E-state index in [1.165, 1.54) is 25.3 Å². The van der Waals surface area contributed by atoms with E-state index in [4.69, 9.17) is 4.74 Å². The van der Waals surface area contributed by atoms with Crippen LogP contribution >= 0.6 is 0 Å². The van der Waals surface area contributed by atoms with Gasteiger partial charge in [0.1, 0.15) is 5.75 Å². The number of hydrogen-bond donors (Lipinski definition) is 1. The van der Waals surface area contributed by atoms with Crippen molar-refractivity contribution in [2.45, 2.75) is 18.9 Å². The average Bonchev–Trinajstić information content (AvgIpc) is 3.08. The summed E-state index contributed by atoms with van der Waals surface area (Å²) >= 11 is 0. The summed E-state index contributed by atoms with van der Waals surface area (Å²) in [6.07, 6.45) is 1.23. The number of nitro benzene ring substituents is 1. The molecule has 0 spiro atoms. The predicted octanol–water partition coefficient (Wildman–Crippen LogP) is 2.72. The number of methoxy groups -OCH3 is 1. The molecule has 1 amide bonds. The molecule has 9 nitrogen and oxygen atoms in total. The molecule has 1 aliphatic rings. The number of ether oxygens (including phenoxy) is 1. The summed E-state index contributed by atoms with van der Waals surface area (Å²) in [4.78, 5) is 40.4. The van der Waals surface area contributed by atoms with Crippen LogP contribution in [0, 0.1) is 10.1 Å². The molecule has 2 aromatic carbocycles. The molecule has 0 radical (unpaired) electrons. The third kappa shape index (κ3) is 3.35. The topological polar surface area (TPSA) is 110 Å². The monoisotopic (exact) mass is 396 g/mol. The molecule has 0 atom stereocenters. The first kappa shape index (κ1) is 18.7. The third-order valence-electron chi connectivity index (χ3n) is 5.37. The number of nitrogens with zero attached hydrogens (tertiary/aromatic N) is 3. The van der Waals surface area contributed by atoms with Crippen molar-refractivity contribution in [3.63, 3.8) is 0 Å². The van der Waals surface area contributed by atoms with Gasteiger partial charge in [0.25, 0.3) is 11.6 Å². The Kier molecular flexibility index (Phi) is 4.79. The molecule has 0 saturated carbocycles. The van der Waals surface area contributed by atoms with Gasteiger partial charge in [-0.1, -0.05) is 12.1 Å². The molecule has 1 N–H and O–H groups in total. The molecule has 2 heterocycles. The number of benzene rings is 2. The molecule has 29 heavy (non-hydrogen) atoms. The second kappa shape index (κ2) is 7.42. The van der Waals surface area contributed by atoms with Crippen LogP contribution in [-0.2, 0) is 0 Å². The van der Waals surface area contributed by atoms with Crippen molar-refractivity contribution in [2.24, 2.45) is 0 Å². The SMILES string of the molecule is COc1ccc([N+](=O)[O-])cc1C(=O)N1CCC(n2c(=O)[nH]c3ccccc32)CC1. The lowest BCUT2D eigenvalue weighted by molar-refractivity contribution is -0.384. The molecule has 0 unspecified atom stereocenters. The van der Waals surface area contributed by atoms with Crippen LogP contribution in [0.5, 0.6) is 5.75 Å². The molecule has 1 aromatic heterocycles. The first-order valence-electron chi connectivity index (χ1n) is 9.30. The molecule has 0 aliphatic carbocycles. The highest BCUT2D eigenvalue weighted by Crippen LogP contribution is 2.29. The van der Waals surface area contributed by atoms with E-state index in [1.54, 1.807) is 9.47 Å². The fourth-order valence-electron chi connectivity index (χ4n) is 3.91. The van der Waals surface area contributed by atoms with Gasteiger partial charge in [-0.05, 0) is 31.0 Å². The van der Waals surface area contributed by atoms with Crippen LogP contribution in [0.2, 0.25) is 0 Å². The van der Waals surface area contributed by atoms with E-state index >= 15 is 0 Å². The standard InChI is InChI=1S/C20H20N4O5/c1-29-18-7-6-14(24(27)28)12-15(18)19(25)22-10-8-13(9-11-22)23-17-5-3-2-4-16(17)21-20(23)26/h2-7,12-13H,8-11H2,1H3,(H,21,26). The number of carbonyl (C=O) groups excluding carboxylic acids is 1. The summed E-state index contributed by atoms with van der Waals surface area (Å²) < 4.78 is 6.97. The second-order valence-electron chi connectivity index (χ2n) is 6.98. The first-order valence-corrected chi connectivity index (χ1v) is 9.30. The minimum absolute atomic E-state index is 0.0188. The van der Waals surface area contributed by atoms with Gasteiger partial charge in [0.05, 0.1) is 28.6 Å². The number of non-ortho nitro benzene ring substituents is 1. The number of carbonyl (C=O) groups is 1. The van der Waals surface area contributed by atoms with Gasteiger partial charge in [-0.25, -0.2) is 4.79 Å². The average molecular weight is 396 g/mol. The molecule has 0 bridgehead atoms. The molecule has 1 saturated heterocycles. The van der Waals surface area contributed by atoms with Crippen molar-refractivity contribution in [3.05, 3.63) is 68.6 Å². The number of aromatic nitrogens is 2. The smallest absolute Gasteiger partial charge is 0.326 e. The number of nitrogens with one attached hydrogen (secondary N) is 1. The maximum absolute atomic E-state index is 13.0. The highest BCUT2D eigenvalue weighted by atomic mass is 16.6. The maximum atomic E-state index is 13.0. The summed E-state index contributed by atoms with van der Waals surface area (Å²) in [6.45, 7) is 0.891. The summed E-state index contributed by atoms with van der Waals surface area (Å²) in [6, 6.07) is 11.5. The Labute approximate surface area is 165 Å². The number of H-pyrrole nitrogens is 1. The summed E-state index contributed by atoms with van der Waals surface area (Å²) in [5, 5.41) is 11.1. The van der Waals surface area contributed by atoms with Crippen LogP contribution in [0.1, 0.15) is 29.2 Å². The van der Waals surface area contributed by atoms with Crippen molar-refractivity contribution < 1.29 is 14.5 Å². The minimum atomic E-state index is -0.536. The normalized spacial score (nSPS) is 14.9. The molecular formula is C20H20N4O5. The Morgan fingerprint density at radius 2 is 1.93 bits per heavy atom. The van der Waals surface area contributed by atoms with Crippen LogP contribution in [0.3, 0.4) is 0 Å². The molecule has 1 aliphatic heterocycles. The number of imidazole rings is 1. The van der Waals surface area contributed by atoms with Crippen LogP contribution in [-0.4, -0.2) is 45.5 Å². The Morgan fingerprint density at radius 1 is 1.21 bits per heavy atom. The zero-order valence-corrected chi connectivity index (χ0v) is 15.8. The van der Waals surface area contributed by atoms with Gasteiger partial charge < -0.3 is 14.6 Å². The Bertz CT molecular complexity index is 1140. The molecule has 4 rings (SSSR count). The lowest BCUT2D eigenvalue weighted by atomic mass is 10.0. The molecule has 9 heteroatoms. The van der Waals surface area contributed by atoms with Gasteiger partial charge in [-0.15, -0.1) is 0 Å². The number of para-hydroxylation sites is 2. The summed E-state index contributed by atoms with van der Waals surface area (Å²) in [5.74, 6) is -0.00848. The number of amides is 1. The van der Waals surface area contributed by atoms with Crippen molar-refractivity contribution in [1.82, 2.24) is 14.5 Å². The van der Waals surface area contributed by atoms with E-state index in [0.717, 1.165) is 11.0 Å². The Balaban J connectivity index is 1.55. The lowest BCUT2D eigenvalue weighted by Crippen LogP contribution is -2.40. The number of hydrogen-bond acceptors (Lipinski definition) is 5. The Morgan fingerprint density at radius 3 is 2.62 bits per heavy atom. The van der Waals surface area contributed by atoms with Crippen molar-refractivity contribution in [3.8, 4) is 5.75 Å². The van der Waals surface area contributed by atoms with Crippen molar-refractivity contribution >= 4 is 22.6 Å². The molecule has 1 fully saturated rings. The van der Waals surface area contributed by atoms with E-state index in [2.05, 4.69) is 4.98 Å². The molecule has 150 valence electrons. The second-order valence-corrected chi connectivity index (χ2v) is 6.98. The van der Waals surface area contributed by atoms with E-state index in [0.29, 0.717) is 31.7 Å². The molecule has 3 aromatic rings. The van der Waals surface area contributed by atoms with Crippen LogP contribution in [0.25, 0.3) is 11.0 Å². The lowest BCUT2D eigenvalue weighted by Gasteiger charge is -2.32. The summed E-state index contributed by atoms with van der Waals surface area (Å²) in [7, 11) is 1.42. The third-order valence-corrected chi connectivity index (χ3v) is 5.37. The van der Waals surface area contributed by atoms with E-state index in [9.17, 15) is 19.7 Å². The van der Waals surface area contributed by atoms with Crippen LogP contribution in [0.15, 0.2) is 47.3 Å². The fourth-order valence-corrected chi connectivity index (χ4v) is 3.91. The van der Waals surface area contributed by atoms with Gasteiger partial charge in [-0.2, -0.15) is 0 Å². The van der Waals surface area contributed by atoms with Crippen LogP contribution < -0.4 is 10.4 Å². The van der Waals surface area contributed by atoms with Gasteiger partial charge >= 0.3 is 5.69 Å². The highest BCUT2D eigenvalue weighted by Gasteiger charge is 2.28. The van der Waals surface area contributed by atoms with Crippen molar-refractivity contribution in [2.75, 3.05) is 20.2 Å². The number of fused-ring (bicyclic) bond motifs is 1. The van der Waals surface area contributed by atoms with E-state index in [1.807, 2.05) is 24.3 Å². The largest absolute Gasteiger partial charge is 0.496 e.